The number of hydrogen-bond acceptors (Lipinski definition) is 2. The SMILES string of the molecule is CCCCCN(Cc1ccc(F)cc1)C(=O)CCC1CCNCC1.Cl. The van der Waals surface area contributed by atoms with Gasteiger partial charge in [0.05, 0.1) is 0 Å². The zero-order valence-corrected chi connectivity index (χ0v) is 16.1. The van der Waals surface area contributed by atoms with E-state index >= 15 is 0 Å². The average Bonchev–Trinajstić information content (AvgIpc) is 2.61. The Morgan fingerprint density at radius 2 is 1.88 bits per heavy atom. The highest BCUT2D eigenvalue weighted by molar-refractivity contribution is 5.85. The van der Waals surface area contributed by atoms with Crippen LogP contribution in [-0.2, 0) is 11.3 Å². The Hall–Kier alpha value is -1.13. The summed E-state index contributed by atoms with van der Waals surface area (Å²) in [5.74, 6) is 0.695. The number of hydrogen-bond donors (Lipinski definition) is 1. The Morgan fingerprint density at radius 3 is 2.52 bits per heavy atom. The number of nitrogens with one attached hydrogen (secondary N) is 1. The predicted molar refractivity (Wildman–Crippen MR) is 103 cm³/mol. The lowest BCUT2D eigenvalue weighted by molar-refractivity contribution is -0.132. The first-order chi connectivity index (χ1) is 11.7. The molecule has 0 aromatic heterocycles. The van der Waals surface area contributed by atoms with E-state index in [1.54, 1.807) is 12.1 Å². The Labute approximate surface area is 157 Å². The number of halogens is 2. The number of piperidine rings is 1. The van der Waals surface area contributed by atoms with Crippen molar-refractivity contribution in [2.45, 2.75) is 58.4 Å². The molecule has 0 saturated carbocycles. The van der Waals surface area contributed by atoms with E-state index in [0.29, 0.717) is 18.9 Å². The maximum Gasteiger partial charge on any atom is 0.222 e. The molecule has 1 N–H and O–H groups in total. The molecule has 142 valence electrons. The smallest absolute Gasteiger partial charge is 0.222 e. The molecule has 1 aliphatic heterocycles. The van der Waals surface area contributed by atoms with Crippen LogP contribution in [0.5, 0.6) is 0 Å². The number of benzene rings is 1. The van der Waals surface area contributed by atoms with Gasteiger partial charge in [0.2, 0.25) is 5.91 Å². The summed E-state index contributed by atoms with van der Waals surface area (Å²) in [6.45, 7) is 5.72. The van der Waals surface area contributed by atoms with Gasteiger partial charge >= 0.3 is 0 Å². The fourth-order valence-electron chi connectivity index (χ4n) is 3.31. The van der Waals surface area contributed by atoms with Gasteiger partial charge in [-0.15, -0.1) is 12.4 Å². The molecule has 1 saturated heterocycles. The topological polar surface area (TPSA) is 32.3 Å². The van der Waals surface area contributed by atoms with E-state index in [-0.39, 0.29) is 24.1 Å². The first kappa shape index (κ1) is 21.9. The van der Waals surface area contributed by atoms with Gasteiger partial charge in [-0.05, 0) is 62.4 Å². The zero-order valence-electron chi connectivity index (χ0n) is 15.3. The van der Waals surface area contributed by atoms with Crippen LogP contribution in [0.3, 0.4) is 0 Å². The third-order valence-electron chi connectivity index (χ3n) is 4.90. The first-order valence-corrected chi connectivity index (χ1v) is 9.42. The van der Waals surface area contributed by atoms with Gasteiger partial charge in [-0.1, -0.05) is 31.9 Å². The normalized spacial score (nSPS) is 14.8. The Bertz CT molecular complexity index is 489. The maximum atomic E-state index is 13.1. The average molecular weight is 371 g/mol. The standard InChI is InChI=1S/C20H31FN2O.ClH/c1-2-3-4-15-23(16-18-5-8-19(21)9-6-18)20(24)10-7-17-11-13-22-14-12-17;/h5-6,8-9,17,22H,2-4,7,10-16H2,1H3;1H. The van der Waals surface area contributed by atoms with E-state index in [4.69, 9.17) is 0 Å². The highest BCUT2D eigenvalue weighted by atomic mass is 35.5. The van der Waals surface area contributed by atoms with Crippen molar-refractivity contribution in [1.82, 2.24) is 10.2 Å². The molecular formula is C20H32ClFN2O. The van der Waals surface area contributed by atoms with Gasteiger partial charge in [0.15, 0.2) is 0 Å². The molecule has 0 bridgehead atoms. The number of carbonyl (C=O) groups excluding carboxylic acids is 1. The second-order valence-corrected chi connectivity index (χ2v) is 6.88. The minimum atomic E-state index is -0.228. The fourth-order valence-corrected chi connectivity index (χ4v) is 3.31. The van der Waals surface area contributed by atoms with Gasteiger partial charge in [-0.3, -0.25) is 4.79 Å². The molecule has 1 aromatic carbocycles. The van der Waals surface area contributed by atoms with E-state index in [1.165, 1.54) is 25.0 Å². The number of amides is 1. The van der Waals surface area contributed by atoms with Crippen molar-refractivity contribution >= 4 is 18.3 Å². The third-order valence-corrected chi connectivity index (χ3v) is 4.90. The van der Waals surface area contributed by atoms with Crippen molar-refractivity contribution < 1.29 is 9.18 Å². The molecular weight excluding hydrogens is 339 g/mol. The number of rotatable bonds is 9. The van der Waals surface area contributed by atoms with Crippen molar-refractivity contribution in [2.75, 3.05) is 19.6 Å². The fraction of sp³-hybridized carbons (Fsp3) is 0.650. The van der Waals surface area contributed by atoms with Crippen LogP contribution in [0.15, 0.2) is 24.3 Å². The van der Waals surface area contributed by atoms with Crippen LogP contribution in [0.2, 0.25) is 0 Å². The zero-order chi connectivity index (χ0) is 17.2. The van der Waals surface area contributed by atoms with Gasteiger partial charge in [0, 0.05) is 19.5 Å². The predicted octanol–water partition coefficient (Wildman–Crippen LogP) is 4.55. The summed E-state index contributed by atoms with van der Waals surface area (Å²) >= 11 is 0. The molecule has 1 amide bonds. The number of carbonyl (C=O) groups is 1. The number of unbranched alkanes of at least 4 members (excludes halogenated alkanes) is 2. The molecule has 5 heteroatoms. The van der Waals surface area contributed by atoms with E-state index in [0.717, 1.165) is 50.9 Å². The summed E-state index contributed by atoms with van der Waals surface area (Å²) in [5, 5.41) is 3.37. The van der Waals surface area contributed by atoms with Gasteiger partial charge in [-0.25, -0.2) is 4.39 Å². The van der Waals surface area contributed by atoms with Gasteiger partial charge < -0.3 is 10.2 Å². The molecule has 2 rings (SSSR count). The van der Waals surface area contributed by atoms with Crippen molar-refractivity contribution in [3.8, 4) is 0 Å². The molecule has 1 heterocycles. The summed E-state index contributed by atoms with van der Waals surface area (Å²) < 4.78 is 13.1. The highest BCUT2D eigenvalue weighted by Gasteiger charge is 2.18. The van der Waals surface area contributed by atoms with Gasteiger partial charge in [-0.2, -0.15) is 0 Å². The lowest BCUT2D eigenvalue weighted by atomic mass is 9.93. The van der Waals surface area contributed by atoms with Gasteiger partial charge in [0.1, 0.15) is 5.82 Å². The van der Waals surface area contributed by atoms with E-state index in [9.17, 15) is 9.18 Å². The minimum absolute atomic E-state index is 0. The summed E-state index contributed by atoms with van der Waals surface area (Å²) in [6, 6.07) is 6.50. The van der Waals surface area contributed by atoms with Crippen molar-refractivity contribution in [1.29, 1.82) is 0 Å². The molecule has 3 nitrogen and oxygen atoms in total. The lowest BCUT2D eigenvalue weighted by Gasteiger charge is -2.26. The summed E-state index contributed by atoms with van der Waals surface area (Å²) in [6.07, 6.45) is 7.32. The molecule has 0 radical (unpaired) electrons. The Balaban J connectivity index is 0.00000312. The van der Waals surface area contributed by atoms with Crippen LogP contribution < -0.4 is 5.32 Å². The molecule has 1 aromatic rings. The Kier molecular flexibility index (Phi) is 10.7. The van der Waals surface area contributed by atoms with Crippen LogP contribution in [0.1, 0.15) is 57.4 Å². The van der Waals surface area contributed by atoms with E-state index in [2.05, 4.69) is 12.2 Å². The second-order valence-electron chi connectivity index (χ2n) is 6.88. The van der Waals surface area contributed by atoms with Crippen LogP contribution in [0.4, 0.5) is 4.39 Å². The summed E-state index contributed by atoms with van der Waals surface area (Å²) in [5.41, 5.74) is 1.00. The second kappa shape index (κ2) is 12.3. The van der Waals surface area contributed by atoms with Crippen LogP contribution in [0.25, 0.3) is 0 Å². The van der Waals surface area contributed by atoms with Crippen LogP contribution in [-0.4, -0.2) is 30.4 Å². The summed E-state index contributed by atoms with van der Waals surface area (Å²) in [7, 11) is 0. The molecule has 0 aliphatic carbocycles. The lowest BCUT2D eigenvalue weighted by Crippen LogP contribution is -2.33. The molecule has 1 fully saturated rings. The quantitative estimate of drug-likeness (QED) is 0.647. The molecule has 0 unspecified atom stereocenters. The van der Waals surface area contributed by atoms with Crippen molar-refractivity contribution in [3.63, 3.8) is 0 Å². The molecule has 0 atom stereocenters. The third kappa shape index (κ3) is 8.19. The van der Waals surface area contributed by atoms with Crippen LogP contribution in [0, 0.1) is 11.7 Å². The summed E-state index contributed by atoms with van der Waals surface area (Å²) in [4.78, 5) is 14.6. The van der Waals surface area contributed by atoms with E-state index < -0.39 is 0 Å². The Morgan fingerprint density at radius 1 is 1.20 bits per heavy atom. The first-order valence-electron chi connectivity index (χ1n) is 9.42. The highest BCUT2D eigenvalue weighted by Crippen LogP contribution is 2.19. The number of nitrogens with zero attached hydrogens (tertiary/aromatic N) is 1. The van der Waals surface area contributed by atoms with Crippen molar-refractivity contribution in [3.05, 3.63) is 35.6 Å². The minimum Gasteiger partial charge on any atom is -0.338 e. The molecule has 25 heavy (non-hydrogen) atoms. The maximum absolute atomic E-state index is 13.1. The molecule has 1 aliphatic rings. The van der Waals surface area contributed by atoms with Gasteiger partial charge in [0.25, 0.3) is 0 Å². The monoisotopic (exact) mass is 370 g/mol. The largest absolute Gasteiger partial charge is 0.338 e. The van der Waals surface area contributed by atoms with Crippen LogP contribution >= 0.6 is 12.4 Å². The van der Waals surface area contributed by atoms with E-state index in [1.807, 2.05) is 4.90 Å². The molecule has 0 spiro atoms. The van der Waals surface area contributed by atoms with Crippen molar-refractivity contribution in [2.24, 2.45) is 5.92 Å².